The van der Waals surface area contributed by atoms with Gasteiger partial charge in [0.2, 0.25) is 0 Å². The van der Waals surface area contributed by atoms with Crippen LogP contribution in [0.15, 0.2) is 16.5 Å². The molecule has 0 radical (unpaired) electrons. The fraction of sp³-hybridized carbons (Fsp3) is 0.571. The van der Waals surface area contributed by atoms with Crippen LogP contribution in [0.3, 0.4) is 0 Å². The van der Waals surface area contributed by atoms with Gasteiger partial charge in [0, 0.05) is 0 Å². The smallest absolute Gasteiger partial charge is 0.433 e. The third kappa shape index (κ3) is 3.10. The fourth-order valence-corrected chi connectivity index (χ4v) is 2.66. The van der Waals surface area contributed by atoms with Gasteiger partial charge >= 0.3 is 11.9 Å². The lowest BCUT2D eigenvalue weighted by Crippen LogP contribution is -2.56. The molecule has 22 heavy (non-hydrogen) atoms. The molecule has 120 valence electrons. The van der Waals surface area contributed by atoms with E-state index in [0.29, 0.717) is 18.8 Å². The van der Waals surface area contributed by atoms with Crippen LogP contribution < -0.4 is 5.32 Å². The monoisotopic (exact) mass is 310 g/mol. The van der Waals surface area contributed by atoms with E-state index < -0.39 is 28.2 Å². The van der Waals surface area contributed by atoms with E-state index in [2.05, 4.69) is 12.2 Å². The molecule has 0 aliphatic heterocycles. The van der Waals surface area contributed by atoms with Crippen molar-refractivity contribution in [3.63, 3.8) is 0 Å². The van der Waals surface area contributed by atoms with Crippen LogP contribution in [0.25, 0.3) is 0 Å². The largest absolute Gasteiger partial charge is 0.467 e. The summed E-state index contributed by atoms with van der Waals surface area (Å²) in [5, 5.41) is 13.2. The topological polar surface area (TPSA) is 112 Å². The molecule has 8 heteroatoms. The van der Waals surface area contributed by atoms with Crippen molar-refractivity contribution in [2.75, 3.05) is 7.11 Å². The van der Waals surface area contributed by atoms with Gasteiger partial charge in [0.05, 0.1) is 13.2 Å². The lowest BCUT2D eigenvalue weighted by molar-refractivity contribution is -0.402. The number of nitro groups is 1. The highest BCUT2D eigenvalue weighted by Crippen LogP contribution is 2.33. The van der Waals surface area contributed by atoms with Crippen LogP contribution >= 0.6 is 0 Å². The molecule has 0 atom stereocenters. The van der Waals surface area contributed by atoms with Crippen molar-refractivity contribution in [2.45, 2.75) is 38.1 Å². The molecule has 1 aliphatic rings. The quantitative estimate of drug-likeness (QED) is 0.517. The van der Waals surface area contributed by atoms with E-state index in [-0.39, 0.29) is 5.76 Å². The van der Waals surface area contributed by atoms with E-state index >= 15 is 0 Å². The first kappa shape index (κ1) is 16.0. The van der Waals surface area contributed by atoms with Crippen LogP contribution in [0, 0.1) is 16.0 Å². The highest BCUT2D eigenvalue weighted by atomic mass is 16.6. The predicted octanol–water partition coefficient (Wildman–Crippen LogP) is 2.04. The zero-order valence-electron chi connectivity index (χ0n) is 12.5. The molecule has 8 nitrogen and oxygen atoms in total. The molecule has 1 aromatic heterocycles. The Balaban J connectivity index is 2.17. The molecule has 0 bridgehead atoms. The van der Waals surface area contributed by atoms with E-state index in [1.807, 2.05) is 0 Å². The Morgan fingerprint density at radius 2 is 2.05 bits per heavy atom. The summed E-state index contributed by atoms with van der Waals surface area (Å²) in [6.07, 6.45) is 2.51. The Morgan fingerprint density at radius 3 is 2.55 bits per heavy atom. The first-order valence-corrected chi connectivity index (χ1v) is 7.03. The van der Waals surface area contributed by atoms with Crippen molar-refractivity contribution in [3.05, 3.63) is 28.0 Å². The molecule has 1 amide bonds. The van der Waals surface area contributed by atoms with E-state index in [0.717, 1.165) is 18.9 Å². The van der Waals surface area contributed by atoms with Crippen molar-refractivity contribution in [1.29, 1.82) is 0 Å². The van der Waals surface area contributed by atoms with Crippen LogP contribution in [0.2, 0.25) is 0 Å². The summed E-state index contributed by atoms with van der Waals surface area (Å²) in [5.74, 6) is -1.41. The first-order chi connectivity index (χ1) is 10.4. The van der Waals surface area contributed by atoms with Crippen LogP contribution in [-0.4, -0.2) is 29.4 Å². The molecular formula is C14H18N2O6. The van der Waals surface area contributed by atoms with E-state index in [9.17, 15) is 19.7 Å². The average molecular weight is 310 g/mol. The average Bonchev–Trinajstić information content (AvgIpc) is 2.99. The molecule has 1 N–H and O–H groups in total. The highest BCUT2D eigenvalue weighted by molar-refractivity contribution is 5.96. The maximum absolute atomic E-state index is 12.2. The molecule has 0 aromatic carbocycles. The predicted molar refractivity (Wildman–Crippen MR) is 75.2 cm³/mol. The minimum absolute atomic E-state index is 0.200. The summed E-state index contributed by atoms with van der Waals surface area (Å²) in [4.78, 5) is 34.2. The van der Waals surface area contributed by atoms with Gasteiger partial charge < -0.3 is 14.5 Å². The molecule has 0 spiro atoms. The third-order valence-electron chi connectivity index (χ3n) is 4.05. The van der Waals surface area contributed by atoms with Crippen LogP contribution in [0.1, 0.15) is 43.2 Å². The number of nitrogens with zero attached hydrogens (tertiary/aromatic N) is 1. The van der Waals surface area contributed by atoms with E-state index in [1.54, 1.807) is 0 Å². The number of furan rings is 1. The molecule has 0 unspecified atom stereocenters. The van der Waals surface area contributed by atoms with Gasteiger partial charge in [0.25, 0.3) is 5.91 Å². The number of methoxy groups -OCH3 is 1. The summed E-state index contributed by atoms with van der Waals surface area (Å²) < 4.78 is 9.68. The lowest BCUT2D eigenvalue weighted by Gasteiger charge is -2.37. The van der Waals surface area contributed by atoms with Crippen LogP contribution in [-0.2, 0) is 9.53 Å². The van der Waals surface area contributed by atoms with Gasteiger partial charge in [-0.05, 0) is 37.7 Å². The lowest BCUT2D eigenvalue weighted by atomic mass is 9.77. The van der Waals surface area contributed by atoms with Gasteiger partial charge in [-0.3, -0.25) is 14.9 Å². The molecular weight excluding hydrogens is 292 g/mol. The number of esters is 1. The highest BCUT2D eigenvalue weighted by Gasteiger charge is 2.44. The number of ether oxygens (including phenoxy) is 1. The summed E-state index contributed by atoms with van der Waals surface area (Å²) >= 11 is 0. The number of hydrogen-bond acceptors (Lipinski definition) is 6. The second-order valence-corrected chi connectivity index (χ2v) is 5.61. The zero-order chi connectivity index (χ0) is 16.3. The minimum Gasteiger partial charge on any atom is -0.467 e. The number of amides is 1. The Labute approximate surface area is 127 Å². The van der Waals surface area contributed by atoms with Gasteiger partial charge in [0.1, 0.15) is 10.5 Å². The van der Waals surface area contributed by atoms with Gasteiger partial charge in [-0.2, -0.15) is 0 Å². The Kier molecular flexibility index (Phi) is 4.48. The standard InChI is InChI=1S/C14H18N2O6/c1-9-5-7-14(8-6-9,13(18)21-2)15-12(17)10-3-4-11(22-10)16(19)20/h3-4,9H,5-8H2,1-2H3,(H,15,17). The van der Waals surface area contributed by atoms with Gasteiger partial charge in [0.15, 0.2) is 5.76 Å². The van der Waals surface area contributed by atoms with E-state index in [4.69, 9.17) is 9.15 Å². The second kappa shape index (κ2) is 6.17. The first-order valence-electron chi connectivity index (χ1n) is 7.03. The van der Waals surface area contributed by atoms with Crippen molar-refractivity contribution in [1.82, 2.24) is 5.32 Å². The Morgan fingerprint density at radius 1 is 1.41 bits per heavy atom. The number of rotatable bonds is 4. The molecule has 2 rings (SSSR count). The summed E-state index contributed by atoms with van der Waals surface area (Å²) in [5.41, 5.74) is -1.10. The molecule has 1 saturated carbocycles. The number of carbonyl (C=O) groups is 2. The van der Waals surface area contributed by atoms with Gasteiger partial charge in [-0.25, -0.2) is 4.79 Å². The van der Waals surface area contributed by atoms with Gasteiger partial charge in [-0.15, -0.1) is 0 Å². The van der Waals surface area contributed by atoms with Crippen molar-refractivity contribution < 1.29 is 23.7 Å². The van der Waals surface area contributed by atoms with Crippen molar-refractivity contribution >= 4 is 17.8 Å². The number of hydrogen-bond donors (Lipinski definition) is 1. The SMILES string of the molecule is COC(=O)C1(NC(=O)c2ccc([N+](=O)[O-])o2)CCC(C)CC1. The summed E-state index contributed by atoms with van der Waals surface area (Å²) in [6, 6.07) is 2.31. The maximum atomic E-state index is 12.2. The third-order valence-corrected chi connectivity index (χ3v) is 4.05. The molecule has 1 aromatic rings. The number of carbonyl (C=O) groups excluding carboxylic acids is 2. The Bertz CT molecular complexity index is 586. The summed E-state index contributed by atoms with van der Waals surface area (Å²) in [7, 11) is 1.27. The van der Waals surface area contributed by atoms with E-state index in [1.165, 1.54) is 13.2 Å². The maximum Gasteiger partial charge on any atom is 0.433 e. The Hall–Kier alpha value is -2.38. The second-order valence-electron chi connectivity index (χ2n) is 5.61. The van der Waals surface area contributed by atoms with Crippen molar-refractivity contribution in [2.24, 2.45) is 5.92 Å². The zero-order valence-corrected chi connectivity index (χ0v) is 12.5. The van der Waals surface area contributed by atoms with Crippen LogP contribution in [0.4, 0.5) is 5.88 Å². The van der Waals surface area contributed by atoms with Crippen molar-refractivity contribution in [3.8, 4) is 0 Å². The molecule has 0 saturated heterocycles. The number of nitrogens with one attached hydrogen (secondary N) is 1. The van der Waals surface area contributed by atoms with Crippen LogP contribution in [0.5, 0.6) is 0 Å². The minimum atomic E-state index is -1.10. The van der Waals surface area contributed by atoms with Gasteiger partial charge in [-0.1, -0.05) is 6.92 Å². The summed E-state index contributed by atoms with van der Waals surface area (Å²) in [6.45, 7) is 2.08. The molecule has 1 heterocycles. The fourth-order valence-electron chi connectivity index (χ4n) is 2.66. The normalized spacial score (nSPS) is 24.5. The molecule has 1 fully saturated rings. The molecule has 1 aliphatic carbocycles.